The second kappa shape index (κ2) is 6.99. The van der Waals surface area contributed by atoms with Crippen molar-refractivity contribution in [3.8, 4) is 0 Å². The molecule has 1 aromatic carbocycles. The lowest BCUT2D eigenvalue weighted by molar-refractivity contribution is 0.550. The Morgan fingerprint density at radius 1 is 1.33 bits per heavy atom. The molecule has 2 aromatic rings. The number of sulfone groups is 1. The third kappa shape index (κ3) is 3.65. The zero-order chi connectivity index (χ0) is 17.2. The number of nitrogens with zero attached hydrogens (tertiary/aromatic N) is 1. The van der Waals surface area contributed by atoms with Gasteiger partial charge in [-0.2, -0.15) is 0 Å². The van der Waals surface area contributed by atoms with Gasteiger partial charge in [0.2, 0.25) is 0 Å². The second-order valence-electron chi connectivity index (χ2n) is 6.27. The van der Waals surface area contributed by atoms with Crippen molar-refractivity contribution < 1.29 is 12.8 Å². The number of halogens is 1. The van der Waals surface area contributed by atoms with Crippen molar-refractivity contribution in [2.45, 2.75) is 31.1 Å². The summed E-state index contributed by atoms with van der Waals surface area (Å²) in [7, 11) is -3.00. The largest absolute Gasteiger partial charge is 0.305 e. The van der Waals surface area contributed by atoms with Crippen molar-refractivity contribution >= 4 is 9.84 Å². The molecule has 0 spiro atoms. The molecule has 1 aliphatic rings. The molecule has 0 amide bonds. The maximum Gasteiger partial charge on any atom is 0.154 e. The molecule has 2 heterocycles. The van der Waals surface area contributed by atoms with Gasteiger partial charge in [-0.1, -0.05) is 18.2 Å². The first-order chi connectivity index (χ1) is 11.5. The Balaban J connectivity index is 1.87. The van der Waals surface area contributed by atoms with E-state index in [0.29, 0.717) is 18.5 Å². The molecule has 6 heteroatoms. The minimum atomic E-state index is -3.00. The van der Waals surface area contributed by atoms with Gasteiger partial charge in [0.15, 0.2) is 9.84 Å². The van der Waals surface area contributed by atoms with Crippen LogP contribution in [0.4, 0.5) is 4.39 Å². The van der Waals surface area contributed by atoms with Crippen LogP contribution in [0, 0.1) is 12.7 Å². The van der Waals surface area contributed by atoms with Crippen LogP contribution in [-0.2, 0) is 9.84 Å². The topological polar surface area (TPSA) is 59.1 Å². The third-order valence-electron chi connectivity index (χ3n) is 4.55. The molecule has 0 bridgehead atoms. The summed E-state index contributed by atoms with van der Waals surface area (Å²) in [5.41, 5.74) is 2.40. The number of rotatable bonds is 5. The Bertz CT molecular complexity index is 809. The quantitative estimate of drug-likeness (QED) is 0.903. The van der Waals surface area contributed by atoms with E-state index in [1.54, 1.807) is 31.5 Å². The number of nitrogens with one attached hydrogen (secondary N) is 1. The molecule has 0 aliphatic carbocycles. The van der Waals surface area contributed by atoms with E-state index in [-0.39, 0.29) is 22.9 Å². The summed E-state index contributed by atoms with van der Waals surface area (Å²) in [6.45, 7) is 2.11. The fourth-order valence-electron chi connectivity index (χ4n) is 3.16. The number of aryl methyl sites for hydroxylation is 1. The summed E-state index contributed by atoms with van der Waals surface area (Å²) in [4.78, 5) is 4.15. The van der Waals surface area contributed by atoms with Crippen LogP contribution in [0.1, 0.15) is 35.6 Å². The van der Waals surface area contributed by atoms with Crippen LogP contribution in [0.3, 0.4) is 0 Å². The van der Waals surface area contributed by atoms with E-state index in [1.165, 1.54) is 6.07 Å². The van der Waals surface area contributed by atoms with E-state index in [2.05, 4.69) is 10.3 Å². The Morgan fingerprint density at radius 2 is 2.17 bits per heavy atom. The van der Waals surface area contributed by atoms with Crippen LogP contribution in [0.25, 0.3) is 0 Å². The normalized spacial score (nSPS) is 20.8. The lowest BCUT2D eigenvalue weighted by Crippen LogP contribution is -2.33. The first-order valence-electron chi connectivity index (χ1n) is 8.08. The molecular formula is C18H21FN2O2S. The minimum Gasteiger partial charge on any atom is -0.305 e. The molecule has 1 saturated heterocycles. The monoisotopic (exact) mass is 348 g/mol. The highest BCUT2D eigenvalue weighted by molar-refractivity contribution is 7.92. The molecule has 0 saturated carbocycles. The van der Waals surface area contributed by atoms with Crippen molar-refractivity contribution in [1.82, 2.24) is 10.3 Å². The number of pyridine rings is 1. The molecule has 2 atom stereocenters. The summed E-state index contributed by atoms with van der Waals surface area (Å²) in [5.74, 6) is 0.0223. The van der Waals surface area contributed by atoms with E-state index in [0.717, 1.165) is 17.5 Å². The molecule has 4 nitrogen and oxygen atoms in total. The zero-order valence-corrected chi connectivity index (χ0v) is 14.4. The minimum absolute atomic E-state index is 0.214. The maximum atomic E-state index is 13.6. The van der Waals surface area contributed by atoms with Gasteiger partial charge in [-0.3, -0.25) is 4.98 Å². The van der Waals surface area contributed by atoms with E-state index in [1.807, 2.05) is 12.1 Å². The highest BCUT2D eigenvalue weighted by Crippen LogP contribution is 2.25. The fourth-order valence-corrected chi connectivity index (χ4v) is 4.94. The molecule has 1 fully saturated rings. The lowest BCUT2D eigenvalue weighted by atomic mass is 9.98. The summed E-state index contributed by atoms with van der Waals surface area (Å²) in [5, 5.41) is 3.01. The van der Waals surface area contributed by atoms with E-state index in [9.17, 15) is 12.8 Å². The van der Waals surface area contributed by atoms with Crippen molar-refractivity contribution in [1.29, 1.82) is 0 Å². The van der Waals surface area contributed by atoms with Crippen LogP contribution in [0.2, 0.25) is 0 Å². The number of hydrogen-bond acceptors (Lipinski definition) is 4. The van der Waals surface area contributed by atoms with E-state index in [4.69, 9.17) is 0 Å². The highest BCUT2D eigenvalue weighted by atomic mass is 32.2. The SMILES string of the molecule is Cc1cc(C(NCC2CCCS2(=O)=O)c2cccnc2)ccc1F. The van der Waals surface area contributed by atoms with Crippen LogP contribution < -0.4 is 5.32 Å². The molecule has 3 rings (SSSR count). The fraction of sp³-hybridized carbons (Fsp3) is 0.389. The highest BCUT2D eigenvalue weighted by Gasteiger charge is 2.31. The average Bonchev–Trinajstić information content (AvgIpc) is 2.90. The van der Waals surface area contributed by atoms with Gasteiger partial charge in [0.25, 0.3) is 0 Å². The van der Waals surface area contributed by atoms with Crippen molar-refractivity contribution in [2.24, 2.45) is 0 Å². The maximum absolute atomic E-state index is 13.6. The number of aromatic nitrogens is 1. The smallest absolute Gasteiger partial charge is 0.154 e. The van der Waals surface area contributed by atoms with Gasteiger partial charge in [0.05, 0.1) is 17.0 Å². The molecule has 0 radical (unpaired) electrons. The molecule has 128 valence electrons. The van der Waals surface area contributed by atoms with Crippen molar-refractivity contribution in [2.75, 3.05) is 12.3 Å². The van der Waals surface area contributed by atoms with Gasteiger partial charge in [0, 0.05) is 18.9 Å². The number of benzene rings is 1. The van der Waals surface area contributed by atoms with E-state index < -0.39 is 9.84 Å². The zero-order valence-electron chi connectivity index (χ0n) is 13.6. The molecule has 24 heavy (non-hydrogen) atoms. The summed E-state index contributed by atoms with van der Waals surface area (Å²) in [6.07, 6.45) is 4.86. The molecule has 1 aromatic heterocycles. The molecule has 1 N–H and O–H groups in total. The van der Waals surface area contributed by atoms with Gasteiger partial charge in [-0.15, -0.1) is 0 Å². The second-order valence-corrected chi connectivity index (χ2v) is 8.67. The summed E-state index contributed by atoms with van der Waals surface area (Å²) in [6, 6.07) is 8.54. The predicted octanol–water partition coefficient (Wildman–Crippen LogP) is 2.79. The van der Waals surface area contributed by atoms with Gasteiger partial charge < -0.3 is 5.32 Å². The lowest BCUT2D eigenvalue weighted by Gasteiger charge is -2.22. The molecule has 2 unspecified atom stereocenters. The van der Waals surface area contributed by atoms with Gasteiger partial charge >= 0.3 is 0 Å². The van der Waals surface area contributed by atoms with Gasteiger partial charge in [0.1, 0.15) is 5.82 Å². The van der Waals surface area contributed by atoms with Crippen molar-refractivity contribution in [3.63, 3.8) is 0 Å². The van der Waals surface area contributed by atoms with Crippen molar-refractivity contribution in [3.05, 3.63) is 65.2 Å². The third-order valence-corrected chi connectivity index (χ3v) is 6.82. The standard InChI is InChI=1S/C18H21FN2O2S/c1-13-10-14(6-7-17(13)19)18(15-4-2-8-20-11-15)21-12-16-5-3-9-24(16,22)23/h2,4,6-8,10-11,16,18,21H,3,5,9,12H2,1H3. The van der Waals surface area contributed by atoms with E-state index >= 15 is 0 Å². The molecule has 1 aliphatic heterocycles. The average molecular weight is 348 g/mol. The first-order valence-corrected chi connectivity index (χ1v) is 9.80. The van der Waals surface area contributed by atoms with Crippen LogP contribution in [0.15, 0.2) is 42.7 Å². The predicted molar refractivity (Wildman–Crippen MR) is 92.0 cm³/mol. The van der Waals surface area contributed by atoms with Gasteiger partial charge in [-0.05, 0) is 48.6 Å². The Hall–Kier alpha value is -1.79. The van der Waals surface area contributed by atoms with Crippen LogP contribution in [0.5, 0.6) is 0 Å². The Kier molecular flexibility index (Phi) is 4.96. The Labute approximate surface area is 142 Å². The molecular weight excluding hydrogens is 327 g/mol. The summed E-state index contributed by atoms with van der Waals surface area (Å²) >= 11 is 0. The Morgan fingerprint density at radius 3 is 2.79 bits per heavy atom. The van der Waals surface area contributed by atoms with Crippen LogP contribution in [-0.4, -0.2) is 30.9 Å². The number of hydrogen-bond donors (Lipinski definition) is 1. The summed E-state index contributed by atoms with van der Waals surface area (Å²) < 4.78 is 37.7. The first kappa shape index (κ1) is 17.0. The van der Waals surface area contributed by atoms with Gasteiger partial charge in [-0.25, -0.2) is 12.8 Å². The van der Waals surface area contributed by atoms with Crippen LogP contribution >= 0.6 is 0 Å².